The summed E-state index contributed by atoms with van der Waals surface area (Å²) in [5.41, 5.74) is 0. The van der Waals surface area contributed by atoms with Gasteiger partial charge in [0.1, 0.15) is 0 Å². The van der Waals surface area contributed by atoms with Crippen molar-refractivity contribution in [2.45, 2.75) is 19.4 Å². The monoisotopic (exact) mass is 354 g/mol. The first kappa shape index (κ1) is 16.1. The SMILES string of the molecule is CNCCCCS(=O)(=O)N(C)Cc1cc(Br)cs1. The summed E-state index contributed by atoms with van der Waals surface area (Å²) in [4.78, 5) is 1.04. The number of unbranched alkanes of at least 4 members (excludes halogenated alkanes) is 1. The van der Waals surface area contributed by atoms with Crippen LogP contribution in [0.15, 0.2) is 15.9 Å². The molecule has 4 nitrogen and oxygen atoms in total. The fourth-order valence-electron chi connectivity index (χ4n) is 1.50. The molecule has 18 heavy (non-hydrogen) atoms. The van der Waals surface area contributed by atoms with E-state index in [1.807, 2.05) is 18.5 Å². The van der Waals surface area contributed by atoms with Gasteiger partial charge in [0.2, 0.25) is 10.0 Å². The number of nitrogens with one attached hydrogen (secondary N) is 1. The Morgan fingerprint density at radius 1 is 1.44 bits per heavy atom. The minimum atomic E-state index is -3.13. The fraction of sp³-hybridized carbons (Fsp3) is 0.636. The lowest BCUT2D eigenvalue weighted by molar-refractivity contribution is 0.467. The van der Waals surface area contributed by atoms with Crippen LogP contribution in [-0.2, 0) is 16.6 Å². The van der Waals surface area contributed by atoms with Crippen LogP contribution in [0.5, 0.6) is 0 Å². The smallest absolute Gasteiger partial charge is 0.214 e. The topological polar surface area (TPSA) is 49.4 Å². The van der Waals surface area contributed by atoms with E-state index in [-0.39, 0.29) is 5.75 Å². The summed E-state index contributed by atoms with van der Waals surface area (Å²) < 4.78 is 26.4. The molecule has 0 spiro atoms. The molecule has 1 aromatic heterocycles. The lowest BCUT2D eigenvalue weighted by Gasteiger charge is -2.16. The number of thiophene rings is 1. The zero-order chi connectivity index (χ0) is 13.6. The summed E-state index contributed by atoms with van der Waals surface area (Å²) >= 11 is 4.93. The summed E-state index contributed by atoms with van der Waals surface area (Å²) in [5.74, 6) is 0.220. The van der Waals surface area contributed by atoms with E-state index in [1.54, 1.807) is 18.4 Å². The van der Waals surface area contributed by atoms with Gasteiger partial charge in [0.25, 0.3) is 0 Å². The van der Waals surface area contributed by atoms with Crippen molar-refractivity contribution in [1.29, 1.82) is 0 Å². The van der Waals surface area contributed by atoms with Gasteiger partial charge in [-0.3, -0.25) is 0 Å². The van der Waals surface area contributed by atoms with E-state index in [0.29, 0.717) is 13.0 Å². The van der Waals surface area contributed by atoms with Gasteiger partial charge in [-0.1, -0.05) is 0 Å². The van der Waals surface area contributed by atoms with Crippen LogP contribution in [0, 0.1) is 0 Å². The van der Waals surface area contributed by atoms with Gasteiger partial charge >= 0.3 is 0 Å². The predicted octanol–water partition coefficient (Wildman–Crippen LogP) is 2.27. The van der Waals surface area contributed by atoms with Crippen molar-refractivity contribution in [2.24, 2.45) is 0 Å². The second kappa shape index (κ2) is 7.59. The van der Waals surface area contributed by atoms with E-state index >= 15 is 0 Å². The maximum atomic E-state index is 12.0. The molecule has 0 aromatic carbocycles. The fourth-order valence-corrected chi connectivity index (χ4v) is 4.30. The van der Waals surface area contributed by atoms with Crippen LogP contribution in [0.4, 0.5) is 0 Å². The Kier molecular flexibility index (Phi) is 6.79. The van der Waals surface area contributed by atoms with Crippen LogP contribution in [0.1, 0.15) is 17.7 Å². The Morgan fingerprint density at radius 3 is 2.72 bits per heavy atom. The molecule has 0 aliphatic heterocycles. The highest BCUT2D eigenvalue weighted by atomic mass is 79.9. The quantitative estimate of drug-likeness (QED) is 0.728. The van der Waals surface area contributed by atoms with Crippen LogP contribution in [0.25, 0.3) is 0 Å². The van der Waals surface area contributed by atoms with E-state index in [1.165, 1.54) is 4.31 Å². The third kappa shape index (κ3) is 5.36. The number of hydrogen-bond donors (Lipinski definition) is 1. The lowest BCUT2D eigenvalue weighted by Crippen LogP contribution is -2.28. The summed E-state index contributed by atoms with van der Waals surface area (Å²) in [5, 5.41) is 4.97. The molecule has 0 aliphatic rings. The van der Waals surface area contributed by atoms with Crippen molar-refractivity contribution in [2.75, 3.05) is 26.4 Å². The van der Waals surface area contributed by atoms with Gasteiger partial charge in [-0.05, 0) is 48.4 Å². The largest absolute Gasteiger partial charge is 0.320 e. The van der Waals surface area contributed by atoms with E-state index in [9.17, 15) is 8.42 Å². The van der Waals surface area contributed by atoms with Crippen LogP contribution in [0.3, 0.4) is 0 Å². The Morgan fingerprint density at radius 2 is 2.17 bits per heavy atom. The number of halogens is 1. The maximum Gasteiger partial charge on any atom is 0.214 e. The van der Waals surface area contributed by atoms with Gasteiger partial charge in [0.15, 0.2) is 0 Å². The van der Waals surface area contributed by atoms with Crippen molar-refractivity contribution in [3.8, 4) is 0 Å². The molecule has 0 fully saturated rings. The predicted molar refractivity (Wildman–Crippen MR) is 80.4 cm³/mol. The van der Waals surface area contributed by atoms with E-state index in [0.717, 1.165) is 22.3 Å². The van der Waals surface area contributed by atoms with E-state index < -0.39 is 10.0 Å². The van der Waals surface area contributed by atoms with Crippen LogP contribution >= 0.6 is 27.3 Å². The van der Waals surface area contributed by atoms with Gasteiger partial charge in [-0.2, -0.15) is 4.31 Å². The normalized spacial score (nSPS) is 12.2. The molecule has 0 unspecified atom stereocenters. The second-order valence-electron chi connectivity index (χ2n) is 4.11. The molecule has 7 heteroatoms. The molecule has 0 amide bonds. The number of rotatable bonds is 8. The third-order valence-electron chi connectivity index (χ3n) is 2.55. The zero-order valence-corrected chi connectivity index (χ0v) is 13.9. The molecular formula is C11H19BrN2O2S2. The molecule has 0 saturated carbocycles. The summed E-state index contributed by atoms with van der Waals surface area (Å²) in [6.07, 6.45) is 1.58. The molecule has 1 rings (SSSR count). The lowest BCUT2D eigenvalue weighted by atomic mass is 10.3. The van der Waals surface area contributed by atoms with Crippen LogP contribution < -0.4 is 5.32 Å². The molecule has 0 atom stereocenters. The molecule has 104 valence electrons. The second-order valence-corrected chi connectivity index (χ2v) is 8.22. The Hall–Kier alpha value is 0.0500. The highest BCUT2D eigenvalue weighted by Gasteiger charge is 2.18. The zero-order valence-electron chi connectivity index (χ0n) is 10.6. The van der Waals surface area contributed by atoms with Crippen molar-refractivity contribution in [1.82, 2.24) is 9.62 Å². The molecule has 1 N–H and O–H groups in total. The standard InChI is InChI=1S/C11H19BrN2O2S2/c1-13-5-3-4-6-18(15,16)14(2)8-11-7-10(12)9-17-11/h7,9,13H,3-6,8H2,1-2H3. The number of hydrogen-bond acceptors (Lipinski definition) is 4. The van der Waals surface area contributed by atoms with Crippen molar-refractivity contribution >= 4 is 37.3 Å². The van der Waals surface area contributed by atoms with Gasteiger partial charge < -0.3 is 5.32 Å². The van der Waals surface area contributed by atoms with Crippen LogP contribution in [0.2, 0.25) is 0 Å². The molecule has 0 bridgehead atoms. The van der Waals surface area contributed by atoms with Gasteiger partial charge in [-0.25, -0.2) is 8.42 Å². The summed E-state index contributed by atoms with van der Waals surface area (Å²) in [7, 11) is 0.377. The minimum Gasteiger partial charge on any atom is -0.320 e. The summed E-state index contributed by atoms with van der Waals surface area (Å²) in [6.45, 7) is 1.31. The third-order valence-corrected chi connectivity index (χ3v) is 6.12. The minimum absolute atomic E-state index is 0.220. The van der Waals surface area contributed by atoms with E-state index in [4.69, 9.17) is 0 Å². The average Bonchev–Trinajstić information content (AvgIpc) is 2.70. The first-order valence-electron chi connectivity index (χ1n) is 5.77. The van der Waals surface area contributed by atoms with Gasteiger partial charge in [-0.15, -0.1) is 11.3 Å². The van der Waals surface area contributed by atoms with Crippen LogP contribution in [-0.4, -0.2) is 39.1 Å². The molecular weight excluding hydrogens is 336 g/mol. The Bertz CT molecular complexity index is 459. The van der Waals surface area contributed by atoms with Gasteiger partial charge in [0.05, 0.1) is 5.75 Å². The highest BCUT2D eigenvalue weighted by Crippen LogP contribution is 2.21. The molecule has 1 heterocycles. The van der Waals surface area contributed by atoms with Gasteiger partial charge in [0, 0.05) is 28.3 Å². The average molecular weight is 355 g/mol. The molecule has 0 aliphatic carbocycles. The van der Waals surface area contributed by atoms with E-state index in [2.05, 4.69) is 21.2 Å². The summed E-state index contributed by atoms with van der Waals surface area (Å²) in [6, 6.07) is 1.96. The Balaban J connectivity index is 2.46. The Labute approximate surface area is 122 Å². The van der Waals surface area contributed by atoms with Crippen molar-refractivity contribution < 1.29 is 8.42 Å². The molecule has 0 radical (unpaired) electrons. The van der Waals surface area contributed by atoms with Crippen molar-refractivity contribution in [3.63, 3.8) is 0 Å². The first-order chi connectivity index (χ1) is 8.45. The number of sulfonamides is 1. The molecule has 1 aromatic rings. The van der Waals surface area contributed by atoms with Crippen molar-refractivity contribution in [3.05, 3.63) is 20.8 Å². The maximum absolute atomic E-state index is 12.0. The highest BCUT2D eigenvalue weighted by molar-refractivity contribution is 9.10. The molecule has 0 saturated heterocycles. The number of nitrogens with zero attached hydrogens (tertiary/aromatic N) is 1. The first-order valence-corrected chi connectivity index (χ1v) is 9.05.